The minimum Gasteiger partial charge on any atom is -0.397 e. The molecule has 0 aliphatic heterocycles. The highest BCUT2D eigenvalue weighted by Gasteiger charge is 2.27. The minimum absolute atomic E-state index is 0. The van der Waals surface area contributed by atoms with Crippen molar-refractivity contribution in [3.8, 4) is 0 Å². The molecule has 0 spiro atoms. The number of benzene rings is 1. The Morgan fingerprint density at radius 2 is 1.83 bits per heavy atom. The lowest BCUT2D eigenvalue weighted by Crippen LogP contribution is -2.37. The third-order valence-electron chi connectivity index (χ3n) is 3.56. The molecule has 130 valence electrons. The monoisotopic (exact) mass is 351 g/mol. The van der Waals surface area contributed by atoms with E-state index in [0.717, 1.165) is 5.56 Å². The Balaban J connectivity index is 0.00000288. The summed E-state index contributed by atoms with van der Waals surface area (Å²) in [4.78, 5) is 16.5. The van der Waals surface area contributed by atoms with Crippen LogP contribution in [0.4, 0.5) is 10.1 Å². The maximum absolute atomic E-state index is 13.1. The average Bonchev–Trinajstić information content (AvgIpc) is 2.47. The van der Waals surface area contributed by atoms with Gasteiger partial charge >= 0.3 is 0 Å². The fourth-order valence-electron chi connectivity index (χ4n) is 2.37. The van der Waals surface area contributed by atoms with E-state index in [-0.39, 0.29) is 42.0 Å². The van der Waals surface area contributed by atoms with Gasteiger partial charge in [-0.15, -0.1) is 12.4 Å². The Hall–Kier alpha value is -2.14. The molecule has 4 nitrogen and oxygen atoms in total. The summed E-state index contributed by atoms with van der Waals surface area (Å²) >= 11 is 0. The summed E-state index contributed by atoms with van der Waals surface area (Å²) in [7, 11) is 0. The summed E-state index contributed by atoms with van der Waals surface area (Å²) in [6, 6.07) is 9.45. The van der Waals surface area contributed by atoms with Crippen molar-refractivity contribution in [2.24, 2.45) is 5.41 Å². The van der Waals surface area contributed by atoms with Gasteiger partial charge in [0.05, 0.1) is 24.3 Å². The van der Waals surface area contributed by atoms with Gasteiger partial charge in [-0.2, -0.15) is 0 Å². The Labute approximate surface area is 148 Å². The van der Waals surface area contributed by atoms with Crippen LogP contribution >= 0.6 is 12.4 Å². The Bertz CT molecular complexity index is 666. The fourth-order valence-corrected chi connectivity index (χ4v) is 2.37. The lowest BCUT2D eigenvalue weighted by Gasteiger charge is -2.32. The summed E-state index contributed by atoms with van der Waals surface area (Å²) in [6.45, 7) is 6.09. The van der Waals surface area contributed by atoms with Crippen molar-refractivity contribution < 1.29 is 9.18 Å². The molecule has 1 aromatic carbocycles. The molecule has 1 atom stereocenters. The molecule has 1 aromatic heterocycles. The SMILES string of the molecule is CC(C)(C)C(NC(=O)Cc1ccc(N)cn1)c1ccc(F)cc1.Cl. The molecule has 24 heavy (non-hydrogen) atoms. The molecule has 1 heterocycles. The van der Waals surface area contributed by atoms with Crippen LogP contribution in [0.3, 0.4) is 0 Å². The maximum atomic E-state index is 13.1. The number of nitrogen functional groups attached to an aromatic ring is 1. The molecule has 2 rings (SSSR count). The fraction of sp³-hybridized carbons (Fsp3) is 0.333. The molecule has 0 aliphatic rings. The molecule has 2 aromatic rings. The number of nitrogens with two attached hydrogens (primary N) is 1. The predicted molar refractivity (Wildman–Crippen MR) is 96.3 cm³/mol. The molecule has 0 bridgehead atoms. The lowest BCUT2D eigenvalue weighted by molar-refractivity contribution is -0.122. The summed E-state index contributed by atoms with van der Waals surface area (Å²) in [5.41, 5.74) is 7.48. The standard InChI is InChI=1S/C18H22FN3O.ClH/c1-18(2,3)17(12-4-6-13(19)7-5-12)22-16(23)10-15-9-8-14(20)11-21-15;/h4-9,11,17H,10,20H2,1-3H3,(H,22,23);1H. The van der Waals surface area contributed by atoms with Crippen molar-refractivity contribution in [2.75, 3.05) is 5.73 Å². The van der Waals surface area contributed by atoms with Crippen molar-refractivity contribution >= 4 is 24.0 Å². The van der Waals surface area contributed by atoms with Gasteiger partial charge < -0.3 is 11.1 Å². The van der Waals surface area contributed by atoms with E-state index < -0.39 is 0 Å². The smallest absolute Gasteiger partial charge is 0.226 e. The number of carbonyl (C=O) groups excluding carboxylic acids is 1. The van der Waals surface area contributed by atoms with Crippen LogP contribution in [-0.2, 0) is 11.2 Å². The quantitative estimate of drug-likeness (QED) is 0.883. The summed E-state index contributed by atoms with van der Waals surface area (Å²) in [5.74, 6) is -0.426. The van der Waals surface area contributed by atoms with E-state index >= 15 is 0 Å². The van der Waals surface area contributed by atoms with Crippen LogP contribution in [0.15, 0.2) is 42.6 Å². The molecule has 0 aliphatic carbocycles. The molecule has 0 saturated heterocycles. The van der Waals surface area contributed by atoms with Crippen LogP contribution in [0.25, 0.3) is 0 Å². The zero-order valence-electron chi connectivity index (χ0n) is 14.0. The van der Waals surface area contributed by atoms with Gasteiger partial charge in [0.15, 0.2) is 0 Å². The number of hydrogen-bond donors (Lipinski definition) is 2. The van der Waals surface area contributed by atoms with E-state index in [0.29, 0.717) is 11.4 Å². The van der Waals surface area contributed by atoms with Crippen LogP contribution in [0, 0.1) is 11.2 Å². The third-order valence-corrected chi connectivity index (χ3v) is 3.56. The molecular formula is C18H23ClFN3O. The van der Waals surface area contributed by atoms with Gasteiger partial charge in [0.1, 0.15) is 5.82 Å². The van der Waals surface area contributed by atoms with Gasteiger partial charge in [-0.1, -0.05) is 32.9 Å². The average molecular weight is 352 g/mol. The number of hydrogen-bond acceptors (Lipinski definition) is 3. The van der Waals surface area contributed by atoms with E-state index in [4.69, 9.17) is 5.73 Å². The van der Waals surface area contributed by atoms with Gasteiger partial charge in [-0.25, -0.2) is 4.39 Å². The molecule has 6 heteroatoms. The van der Waals surface area contributed by atoms with Crippen molar-refractivity contribution in [3.63, 3.8) is 0 Å². The van der Waals surface area contributed by atoms with Crippen molar-refractivity contribution in [3.05, 3.63) is 59.7 Å². The largest absolute Gasteiger partial charge is 0.397 e. The van der Waals surface area contributed by atoms with E-state index in [2.05, 4.69) is 10.3 Å². The van der Waals surface area contributed by atoms with Crippen molar-refractivity contribution in [2.45, 2.75) is 33.2 Å². The lowest BCUT2D eigenvalue weighted by atomic mass is 9.82. The van der Waals surface area contributed by atoms with Crippen LogP contribution in [0.5, 0.6) is 0 Å². The summed E-state index contributed by atoms with van der Waals surface area (Å²) < 4.78 is 13.1. The number of rotatable bonds is 4. The number of carbonyl (C=O) groups is 1. The second kappa shape index (κ2) is 8.11. The number of anilines is 1. The van der Waals surface area contributed by atoms with E-state index in [1.807, 2.05) is 20.8 Å². The van der Waals surface area contributed by atoms with E-state index in [1.54, 1.807) is 24.3 Å². The molecule has 0 fully saturated rings. The first-order valence-corrected chi connectivity index (χ1v) is 7.51. The first-order valence-electron chi connectivity index (χ1n) is 7.51. The molecule has 1 amide bonds. The van der Waals surface area contributed by atoms with E-state index in [9.17, 15) is 9.18 Å². The van der Waals surface area contributed by atoms with Crippen LogP contribution < -0.4 is 11.1 Å². The number of halogens is 2. The highest BCUT2D eigenvalue weighted by molar-refractivity contribution is 5.85. The second-order valence-corrected chi connectivity index (χ2v) is 6.68. The highest BCUT2D eigenvalue weighted by Crippen LogP contribution is 2.32. The Morgan fingerprint density at radius 1 is 1.21 bits per heavy atom. The molecule has 1 unspecified atom stereocenters. The zero-order valence-corrected chi connectivity index (χ0v) is 14.9. The van der Waals surface area contributed by atoms with E-state index in [1.165, 1.54) is 18.3 Å². The van der Waals surface area contributed by atoms with Gasteiger partial charge in [0, 0.05) is 5.69 Å². The Kier molecular flexibility index (Phi) is 6.72. The van der Waals surface area contributed by atoms with Crippen molar-refractivity contribution in [1.29, 1.82) is 0 Å². The molecule has 0 radical (unpaired) electrons. The first-order chi connectivity index (χ1) is 10.8. The number of aromatic nitrogens is 1. The van der Waals surface area contributed by atoms with Gasteiger partial charge in [-0.05, 0) is 35.2 Å². The normalized spacial score (nSPS) is 12.2. The van der Waals surface area contributed by atoms with Crippen molar-refractivity contribution in [1.82, 2.24) is 10.3 Å². The summed E-state index contributed by atoms with van der Waals surface area (Å²) in [6.07, 6.45) is 1.71. The zero-order chi connectivity index (χ0) is 17.0. The number of pyridine rings is 1. The third kappa shape index (κ3) is 5.49. The molecular weight excluding hydrogens is 329 g/mol. The van der Waals surface area contributed by atoms with Gasteiger partial charge in [0.2, 0.25) is 5.91 Å². The van der Waals surface area contributed by atoms with Crippen LogP contribution in [0.2, 0.25) is 0 Å². The number of amides is 1. The van der Waals surface area contributed by atoms with Gasteiger partial charge in [0.25, 0.3) is 0 Å². The first kappa shape index (κ1) is 19.9. The predicted octanol–water partition coefficient (Wildman–Crippen LogP) is 3.67. The topological polar surface area (TPSA) is 68.0 Å². The van der Waals surface area contributed by atoms with Crippen LogP contribution in [0.1, 0.15) is 38.1 Å². The second-order valence-electron chi connectivity index (χ2n) is 6.68. The van der Waals surface area contributed by atoms with Crippen LogP contribution in [-0.4, -0.2) is 10.9 Å². The minimum atomic E-state index is -0.293. The number of nitrogens with one attached hydrogen (secondary N) is 1. The number of nitrogens with zero attached hydrogens (tertiary/aromatic N) is 1. The molecule has 3 N–H and O–H groups in total. The maximum Gasteiger partial charge on any atom is 0.226 e. The van der Waals surface area contributed by atoms with Gasteiger partial charge in [-0.3, -0.25) is 9.78 Å². The molecule has 0 saturated carbocycles. The Morgan fingerprint density at radius 3 is 2.33 bits per heavy atom. The summed E-state index contributed by atoms with van der Waals surface area (Å²) in [5, 5.41) is 3.02. The highest BCUT2D eigenvalue weighted by atomic mass is 35.5.